The number of hydrogen-bond acceptors (Lipinski definition) is 4. The molecule has 0 bridgehead atoms. The molecule has 0 radical (unpaired) electrons. The molecule has 2 aromatic heterocycles. The SMILES string of the molecule is CCNC(=NCCc1nc(C)c(C)s1)NCCc1ccncc1C. The topological polar surface area (TPSA) is 62.2 Å². The van der Waals surface area contributed by atoms with Crippen molar-refractivity contribution in [2.75, 3.05) is 19.6 Å². The summed E-state index contributed by atoms with van der Waals surface area (Å²) >= 11 is 1.77. The Labute approximate surface area is 148 Å². The molecule has 0 fully saturated rings. The number of aliphatic imine (C=N–C) groups is 1. The summed E-state index contributed by atoms with van der Waals surface area (Å²) in [5.74, 6) is 0.870. The van der Waals surface area contributed by atoms with Crippen molar-refractivity contribution >= 4 is 17.3 Å². The molecule has 0 spiro atoms. The summed E-state index contributed by atoms with van der Waals surface area (Å²) in [6.07, 6.45) is 5.61. The first kappa shape index (κ1) is 18.4. The molecule has 0 unspecified atom stereocenters. The quantitative estimate of drug-likeness (QED) is 0.598. The van der Waals surface area contributed by atoms with Crippen molar-refractivity contribution in [2.45, 2.75) is 40.5 Å². The highest BCUT2D eigenvalue weighted by Gasteiger charge is 2.04. The molecule has 24 heavy (non-hydrogen) atoms. The number of hydrogen-bond donors (Lipinski definition) is 2. The van der Waals surface area contributed by atoms with Crippen LogP contribution >= 0.6 is 11.3 Å². The first-order valence-electron chi connectivity index (χ1n) is 8.44. The van der Waals surface area contributed by atoms with E-state index < -0.39 is 0 Å². The minimum atomic E-state index is 0.746. The lowest BCUT2D eigenvalue weighted by Crippen LogP contribution is -2.38. The molecule has 6 heteroatoms. The zero-order valence-electron chi connectivity index (χ0n) is 15.0. The van der Waals surface area contributed by atoms with Crippen molar-refractivity contribution in [1.82, 2.24) is 20.6 Å². The first-order valence-corrected chi connectivity index (χ1v) is 9.26. The maximum Gasteiger partial charge on any atom is 0.191 e. The molecule has 0 aliphatic rings. The van der Waals surface area contributed by atoms with E-state index in [0.29, 0.717) is 0 Å². The molecule has 0 amide bonds. The molecule has 0 atom stereocenters. The van der Waals surface area contributed by atoms with Gasteiger partial charge in [-0.25, -0.2) is 4.98 Å². The standard InChI is InChI=1S/C18H27N5S/c1-5-20-18(21-10-7-16-6-9-19-12-13(16)2)22-11-8-17-23-14(3)15(4)24-17/h6,9,12H,5,7-8,10-11H2,1-4H3,(H2,20,21,22). The lowest BCUT2D eigenvalue weighted by molar-refractivity contribution is 0.793. The number of aromatic nitrogens is 2. The van der Waals surface area contributed by atoms with Crippen molar-refractivity contribution in [3.8, 4) is 0 Å². The van der Waals surface area contributed by atoms with Crippen LogP contribution in [0.5, 0.6) is 0 Å². The summed E-state index contributed by atoms with van der Waals surface area (Å²) in [5.41, 5.74) is 3.69. The summed E-state index contributed by atoms with van der Waals surface area (Å²) < 4.78 is 0. The van der Waals surface area contributed by atoms with E-state index in [1.165, 1.54) is 16.0 Å². The minimum Gasteiger partial charge on any atom is -0.357 e. The van der Waals surface area contributed by atoms with Crippen LogP contribution in [-0.2, 0) is 12.8 Å². The normalized spacial score (nSPS) is 11.6. The van der Waals surface area contributed by atoms with Gasteiger partial charge in [0, 0.05) is 43.3 Å². The molecular formula is C18H27N5S. The van der Waals surface area contributed by atoms with Crippen LogP contribution in [0.3, 0.4) is 0 Å². The fraction of sp³-hybridized carbons (Fsp3) is 0.500. The van der Waals surface area contributed by atoms with Crippen LogP contribution in [0.25, 0.3) is 0 Å². The predicted molar refractivity (Wildman–Crippen MR) is 102 cm³/mol. The van der Waals surface area contributed by atoms with Gasteiger partial charge < -0.3 is 10.6 Å². The van der Waals surface area contributed by atoms with E-state index in [9.17, 15) is 0 Å². The number of nitrogens with zero attached hydrogens (tertiary/aromatic N) is 3. The van der Waals surface area contributed by atoms with E-state index in [0.717, 1.165) is 49.1 Å². The zero-order chi connectivity index (χ0) is 17.4. The largest absolute Gasteiger partial charge is 0.357 e. The lowest BCUT2D eigenvalue weighted by atomic mass is 10.1. The number of nitrogens with one attached hydrogen (secondary N) is 2. The van der Waals surface area contributed by atoms with Gasteiger partial charge in [0.2, 0.25) is 0 Å². The summed E-state index contributed by atoms with van der Waals surface area (Å²) in [4.78, 5) is 14.6. The fourth-order valence-corrected chi connectivity index (χ4v) is 3.27. The van der Waals surface area contributed by atoms with Gasteiger partial charge in [0.25, 0.3) is 0 Å². The molecule has 5 nitrogen and oxygen atoms in total. The highest BCUT2D eigenvalue weighted by molar-refractivity contribution is 7.11. The Balaban J connectivity index is 1.83. The third-order valence-corrected chi connectivity index (χ3v) is 4.97. The molecule has 0 aliphatic carbocycles. The number of pyridine rings is 1. The second kappa shape index (κ2) is 9.37. The van der Waals surface area contributed by atoms with Gasteiger partial charge in [0.05, 0.1) is 10.7 Å². The van der Waals surface area contributed by atoms with Gasteiger partial charge in [-0.1, -0.05) is 0 Å². The third kappa shape index (κ3) is 5.60. The van der Waals surface area contributed by atoms with E-state index >= 15 is 0 Å². The average molecular weight is 346 g/mol. The van der Waals surface area contributed by atoms with Gasteiger partial charge in [-0.3, -0.25) is 9.98 Å². The molecule has 0 saturated heterocycles. The highest BCUT2D eigenvalue weighted by atomic mass is 32.1. The Hall–Kier alpha value is -1.95. The number of aryl methyl sites for hydroxylation is 3. The Bertz CT molecular complexity index is 658. The molecule has 2 rings (SSSR count). The monoisotopic (exact) mass is 345 g/mol. The Morgan fingerprint density at radius 2 is 2.04 bits per heavy atom. The van der Waals surface area contributed by atoms with E-state index in [-0.39, 0.29) is 0 Å². The molecule has 130 valence electrons. The molecule has 0 saturated carbocycles. The summed E-state index contributed by atoms with van der Waals surface area (Å²) in [7, 11) is 0. The van der Waals surface area contributed by atoms with Gasteiger partial charge in [-0.15, -0.1) is 11.3 Å². The number of rotatable bonds is 7. The Morgan fingerprint density at radius 3 is 2.71 bits per heavy atom. The van der Waals surface area contributed by atoms with E-state index in [4.69, 9.17) is 0 Å². The van der Waals surface area contributed by atoms with Gasteiger partial charge in [-0.05, 0) is 51.3 Å². The van der Waals surface area contributed by atoms with E-state index in [1.54, 1.807) is 11.3 Å². The predicted octanol–water partition coefficient (Wildman–Crippen LogP) is 2.80. The van der Waals surface area contributed by atoms with Gasteiger partial charge in [0.1, 0.15) is 0 Å². The van der Waals surface area contributed by atoms with E-state index in [1.807, 2.05) is 12.4 Å². The van der Waals surface area contributed by atoms with Crippen LogP contribution in [0.4, 0.5) is 0 Å². The van der Waals surface area contributed by atoms with Crippen LogP contribution in [-0.4, -0.2) is 35.6 Å². The lowest BCUT2D eigenvalue weighted by Gasteiger charge is -2.12. The van der Waals surface area contributed by atoms with Crippen LogP contribution in [0.2, 0.25) is 0 Å². The third-order valence-electron chi connectivity index (χ3n) is 3.84. The van der Waals surface area contributed by atoms with Gasteiger partial charge in [-0.2, -0.15) is 0 Å². The minimum absolute atomic E-state index is 0.746. The summed E-state index contributed by atoms with van der Waals surface area (Å²) in [6.45, 7) is 10.8. The molecular weight excluding hydrogens is 318 g/mol. The van der Waals surface area contributed by atoms with Crippen molar-refractivity contribution in [3.63, 3.8) is 0 Å². The van der Waals surface area contributed by atoms with Crippen LogP contribution in [0, 0.1) is 20.8 Å². The maximum absolute atomic E-state index is 4.65. The van der Waals surface area contributed by atoms with Crippen molar-refractivity contribution in [3.05, 3.63) is 45.2 Å². The number of guanidine groups is 1. The van der Waals surface area contributed by atoms with Crippen molar-refractivity contribution < 1.29 is 0 Å². The first-order chi connectivity index (χ1) is 11.6. The molecule has 2 heterocycles. The van der Waals surface area contributed by atoms with E-state index in [2.05, 4.69) is 59.4 Å². The van der Waals surface area contributed by atoms with Gasteiger partial charge >= 0.3 is 0 Å². The molecule has 2 aromatic rings. The second-order valence-electron chi connectivity index (χ2n) is 5.74. The zero-order valence-corrected chi connectivity index (χ0v) is 15.8. The fourth-order valence-electron chi connectivity index (χ4n) is 2.35. The van der Waals surface area contributed by atoms with Crippen molar-refractivity contribution in [2.24, 2.45) is 4.99 Å². The molecule has 0 aliphatic heterocycles. The van der Waals surface area contributed by atoms with Crippen molar-refractivity contribution in [1.29, 1.82) is 0 Å². The van der Waals surface area contributed by atoms with Gasteiger partial charge in [0.15, 0.2) is 5.96 Å². The Kier molecular flexibility index (Phi) is 7.18. The maximum atomic E-state index is 4.65. The second-order valence-corrected chi connectivity index (χ2v) is 7.03. The molecule has 2 N–H and O–H groups in total. The average Bonchev–Trinajstić information content (AvgIpc) is 2.87. The highest BCUT2D eigenvalue weighted by Crippen LogP contribution is 2.16. The number of thiazole rings is 1. The smallest absolute Gasteiger partial charge is 0.191 e. The van der Waals surface area contributed by atoms with Crippen LogP contribution < -0.4 is 10.6 Å². The van der Waals surface area contributed by atoms with Crippen LogP contribution in [0.15, 0.2) is 23.5 Å². The van der Waals surface area contributed by atoms with Crippen LogP contribution in [0.1, 0.15) is 33.6 Å². The Morgan fingerprint density at radius 1 is 1.21 bits per heavy atom. The summed E-state index contributed by atoms with van der Waals surface area (Å²) in [5, 5.41) is 7.86. The summed E-state index contributed by atoms with van der Waals surface area (Å²) in [6, 6.07) is 2.08. The molecule has 0 aromatic carbocycles.